The molecule has 18 heavy (non-hydrogen) atoms. The van der Waals surface area contributed by atoms with Gasteiger partial charge in [0.15, 0.2) is 0 Å². The van der Waals surface area contributed by atoms with Gasteiger partial charge in [0.1, 0.15) is 0 Å². The molecule has 0 radical (unpaired) electrons. The van der Waals surface area contributed by atoms with Crippen molar-refractivity contribution in [1.29, 1.82) is 0 Å². The van der Waals surface area contributed by atoms with Crippen molar-refractivity contribution in [2.75, 3.05) is 19.6 Å². The maximum absolute atomic E-state index is 11.1. The van der Waals surface area contributed by atoms with E-state index in [4.69, 9.17) is 22.5 Å². The zero-order valence-electron chi connectivity index (χ0n) is 9.95. The van der Waals surface area contributed by atoms with Crippen LogP contribution in [0.5, 0.6) is 0 Å². The molecule has 1 aromatic rings. The molecule has 1 aromatic carbocycles. The molecule has 0 aliphatic carbocycles. The molecule has 1 atom stereocenters. The smallest absolute Gasteiger partial charge is 0.373 e. The van der Waals surface area contributed by atoms with E-state index in [9.17, 15) is 9.90 Å². The molecule has 0 heterocycles. The van der Waals surface area contributed by atoms with E-state index >= 15 is 0 Å². The van der Waals surface area contributed by atoms with Gasteiger partial charge in [-0.2, -0.15) is 5.26 Å². The standard InChI is InChI=1S/C9H11NO4.C2H8N2/c10-6-9(12,8(11)14-13)7-4-2-1-3-5-7;3-1-2-4/h1-5,12-13H,6,10H2;1-4H2. The molecule has 0 aliphatic heterocycles. The number of carbonyl (C=O) groups is 1. The number of benzene rings is 1. The number of hydrogen-bond acceptors (Lipinski definition) is 7. The average Bonchev–Trinajstić information content (AvgIpc) is 2.46. The SMILES string of the molecule is NCC(O)(C(=O)OO)c1ccccc1.NCCN. The summed E-state index contributed by atoms with van der Waals surface area (Å²) < 4.78 is 0. The molecule has 0 saturated carbocycles. The maximum Gasteiger partial charge on any atom is 0.379 e. The Hall–Kier alpha value is -1.51. The summed E-state index contributed by atoms with van der Waals surface area (Å²) in [7, 11) is 0. The number of nitrogens with two attached hydrogens (primary N) is 3. The predicted molar refractivity (Wildman–Crippen MR) is 66.2 cm³/mol. The molecule has 0 spiro atoms. The summed E-state index contributed by atoms with van der Waals surface area (Å²) in [5.74, 6) is -1.19. The fourth-order valence-electron chi connectivity index (χ4n) is 1.11. The largest absolute Gasteiger partial charge is 0.379 e. The Balaban J connectivity index is 0.000000631. The molecule has 0 saturated heterocycles. The summed E-state index contributed by atoms with van der Waals surface area (Å²) in [5.41, 5.74) is 13.3. The summed E-state index contributed by atoms with van der Waals surface area (Å²) in [5, 5.41) is 18.0. The van der Waals surface area contributed by atoms with Crippen molar-refractivity contribution in [3.05, 3.63) is 35.9 Å². The minimum Gasteiger partial charge on any atom is -0.373 e. The normalized spacial score (nSPS) is 12.9. The first kappa shape index (κ1) is 16.5. The van der Waals surface area contributed by atoms with Crippen LogP contribution in [0.15, 0.2) is 30.3 Å². The van der Waals surface area contributed by atoms with Gasteiger partial charge in [-0.15, -0.1) is 0 Å². The third-order valence-corrected chi connectivity index (χ3v) is 2.13. The van der Waals surface area contributed by atoms with Gasteiger partial charge in [-0.3, -0.25) is 4.89 Å². The molecule has 1 rings (SSSR count). The minimum absolute atomic E-state index is 0.279. The van der Waals surface area contributed by atoms with Gasteiger partial charge in [0.05, 0.1) is 0 Å². The van der Waals surface area contributed by atoms with Crippen LogP contribution in [0, 0.1) is 0 Å². The fourth-order valence-corrected chi connectivity index (χ4v) is 1.11. The summed E-state index contributed by atoms with van der Waals surface area (Å²) in [6, 6.07) is 8.04. The van der Waals surface area contributed by atoms with Crippen LogP contribution in [0.1, 0.15) is 5.56 Å². The van der Waals surface area contributed by atoms with Crippen LogP contribution in [0.3, 0.4) is 0 Å². The molecule has 0 aromatic heterocycles. The van der Waals surface area contributed by atoms with Crippen molar-refractivity contribution in [3.8, 4) is 0 Å². The highest BCUT2D eigenvalue weighted by Crippen LogP contribution is 2.20. The molecule has 0 bridgehead atoms. The molecule has 7 heteroatoms. The Morgan fingerprint density at radius 3 is 2.00 bits per heavy atom. The van der Waals surface area contributed by atoms with Crippen molar-refractivity contribution in [3.63, 3.8) is 0 Å². The second-order valence-corrected chi connectivity index (χ2v) is 3.39. The van der Waals surface area contributed by atoms with Gasteiger partial charge in [0, 0.05) is 19.6 Å². The molecule has 0 fully saturated rings. The van der Waals surface area contributed by atoms with Gasteiger partial charge in [-0.25, -0.2) is 4.79 Å². The topological polar surface area (TPSA) is 145 Å². The van der Waals surface area contributed by atoms with Crippen LogP contribution in [-0.2, 0) is 15.3 Å². The molecule has 102 valence electrons. The molecule has 1 unspecified atom stereocenters. The van der Waals surface area contributed by atoms with Gasteiger partial charge in [0.2, 0.25) is 5.60 Å². The summed E-state index contributed by atoms with van der Waals surface area (Å²) >= 11 is 0. The highest BCUT2D eigenvalue weighted by Gasteiger charge is 2.38. The third-order valence-electron chi connectivity index (χ3n) is 2.13. The van der Waals surface area contributed by atoms with Gasteiger partial charge in [-0.1, -0.05) is 30.3 Å². The van der Waals surface area contributed by atoms with Crippen LogP contribution in [0.4, 0.5) is 0 Å². The van der Waals surface area contributed by atoms with E-state index in [0.717, 1.165) is 0 Å². The lowest BCUT2D eigenvalue weighted by Gasteiger charge is -2.22. The first-order valence-electron chi connectivity index (χ1n) is 5.30. The summed E-state index contributed by atoms with van der Waals surface area (Å²) in [6.45, 7) is 0.830. The molecule has 8 N–H and O–H groups in total. The Bertz CT molecular complexity index is 345. The highest BCUT2D eigenvalue weighted by atomic mass is 17.1. The lowest BCUT2D eigenvalue weighted by molar-refractivity contribution is -0.252. The monoisotopic (exact) mass is 257 g/mol. The number of hydrogen-bond donors (Lipinski definition) is 5. The van der Waals surface area contributed by atoms with Crippen LogP contribution in [0.2, 0.25) is 0 Å². The Morgan fingerprint density at radius 2 is 1.67 bits per heavy atom. The molecular weight excluding hydrogens is 238 g/mol. The third kappa shape index (κ3) is 4.40. The van der Waals surface area contributed by atoms with E-state index in [1.54, 1.807) is 18.2 Å². The molecule has 0 aliphatic rings. The van der Waals surface area contributed by atoms with Crippen LogP contribution >= 0.6 is 0 Å². The first-order chi connectivity index (χ1) is 8.56. The Kier molecular flexibility index (Phi) is 7.84. The van der Waals surface area contributed by atoms with Gasteiger partial charge in [0.25, 0.3) is 0 Å². The van der Waals surface area contributed by atoms with Crippen molar-refractivity contribution < 1.29 is 20.0 Å². The zero-order valence-corrected chi connectivity index (χ0v) is 9.95. The lowest BCUT2D eigenvalue weighted by atomic mass is 9.94. The maximum atomic E-state index is 11.1. The van der Waals surface area contributed by atoms with E-state index in [2.05, 4.69) is 4.89 Å². The Morgan fingerprint density at radius 1 is 1.17 bits per heavy atom. The van der Waals surface area contributed by atoms with Crippen LogP contribution < -0.4 is 17.2 Å². The zero-order chi connectivity index (χ0) is 14.0. The van der Waals surface area contributed by atoms with E-state index in [1.807, 2.05) is 0 Å². The van der Waals surface area contributed by atoms with Crippen molar-refractivity contribution in [1.82, 2.24) is 0 Å². The van der Waals surface area contributed by atoms with E-state index in [-0.39, 0.29) is 12.1 Å². The van der Waals surface area contributed by atoms with E-state index < -0.39 is 11.6 Å². The van der Waals surface area contributed by atoms with E-state index in [0.29, 0.717) is 13.1 Å². The number of rotatable bonds is 4. The van der Waals surface area contributed by atoms with Crippen LogP contribution in [-0.4, -0.2) is 36.0 Å². The first-order valence-corrected chi connectivity index (χ1v) is 5.30. The second kappa shape index (κ2) is 8.56. The minimum atomic E-state index is -1.99. The molecule has 7 nitrogen and oxygen atoms in total. The summed E-state index contributed by atoms with van der Waals surface area (Å²) in [6.07, 6.45) is 0. The second-order valence-electron chi connectivity index (χ2n) is 3.39. The lowest BCUT2D eigenvalue weighted by Crippen LogP contribution is -2.43. The van der Waals surface area contributed by atoms with Crippen molar-refractivity contribution in [2.45, 2.75) is 5.60 Å². The number of aliphatic hydroxyl groups is 1. The van der Waals surface area contributed by atoms with Crippen LogP contribution in [0.25, 0.3) is 0 Å². The van der Waals surface area contributed by atoms with Crippen molar-refractivity contribution >= 4 is 5.97 Å². The molecule has 0 amide bonds. The quantitative estimate of drug-likeness (QED) is 0.335. The summed E-state index contributed by atoms with van der Waals surface area (Å²) in [4.78, 5) is 14.6. The number of carbonyl (C=O) groups excluding carboxylic acids is 1. The predicted octanol–water partition coefficient (Wildman–Crippen LogP) is -1.25. The Labute approximate surface area is 105 Å². The fraction of sp³-hybridized carbons (Fsp3) is 0.364. The van der Waals surface area contributed by atoms with Gasteiger partial charge < -0.3 is 22.3 Å². The average molecular weight is 257 g/mol. The van der Waals surface area contributed by atoms with Gasteiger partial charge >= 0.3 is 5.97 Å². The molecular formula is C11H19N3O4. The highest BCUT2D eigenvalue weighted by molar-refractivity contribution is 5.80. The van der Waals surface area contributed by atoms with Crippen molar-refractivity contribution in [2.24, 2.45) is 17.2 Å². The van der Waals surface area contributed by atoms with E-state index in [1.165, 1.54) is 12.1 Å². The van der Waals surface area contributed by atoms with Gasteiger partial charge in [-0.05, 0) is 5.56 Å².